The lowest BCUT2D eigenvalue weighted by atomic mass is 9.93. The van der Waals surface area contributed by atoms with Crippen LogP contribution in [0.2, 0.25) is 0 Å². The number of nitrogens with one attached hydrogen (secondary N) is 3. The summed E-state index contributed by atoms with van der Waals surface area (Å²) in [5, 5.41) is 12.2. The second-order valence-electron chi connectivity index (χ2n) is 4.68. The van der Waals surface area contributed by atoms with Gasteiger partial charge in [-0.2, -0.15) is 5.10 Å². The molecule has 1 aliphatic rings. The van der Waals surface area contributed by atoms with Crippen molar-refractivity contribution in [2.24, 2.45) is 5.92 Å². The third kappa shape index (κ3) is 3.16. The van der Waals surface area contributed by atoms with Gasteiger partial charge in [0.05, 0.1) is 0 Å². The van der Waals surface area contributed by atoms with Crippen LogP contribution in [0.3, 0.4) is 0 Å². The van der Waals surface area contributed by atoms with Gasteiger partial charge in [-0.1, -0.05) is 0 Å². The first-order valence-electron chi connectivity index (χ1n) is 6.24. The molecule has 6 heteroatoms. The van der Waals surface area contributed by atoms with E-state index in [2.05, 4.69) is 20.8 Å². The third-order valence-electron chi connectivity index (χ3n) is 3.31. The Bertz CT molecular complexity index is 445. The molecule has 0 radical (unpaired) electrons. The molecule has 0 spiro atoms. The van der Waals surface area contributed by atoms with Crippen LogP contribution in [0, 0.1) is 5.92 Å². The Labute approximate surface area is 105 Å². The highest BCUT2D eigenvalue weighted by atomic mass is 16.2. The van der Waals surface area contributed by atoms with E-state index >= 15 is 0 Å². The van der Waals surface area contributed by atoms with Gasteiger partial charge in [-0.15, -0.1) is 0 Å². The molecule has 1 aliphatic heterocycles. The number of piperidine rings is 1. The molecule has 1 aromatic rings. The SMILES string of the molecule is CC(NC(=O)c1ccc(=O)[nH]n1)C1CCCNC1. The molecule has 0 aliphatic carbocycles. The first kappa shape index (κ1) is 12.8. The van der Waals surface area contributed by atoms with Crippen LogP contribution < -0.4 is 16.2 Å². The van der Waals surface area contributed by atoms with E-state index in [1.54, 1.807) is 0 Å². The predicted molar refractivity (Wildman–Crippen MR) is 67.4 cm³/mol. The minimum absolute atomic E-state index is 0.0963. The Kier molecular flexibility index (Phi) is 4.09. The van der Waals surface area contributed by atoms with Gasteiger partial charge in [-0.05, 0) is 44.8 Å². The fourth-order valence-electron chi connectivity index (χ4n) is 2.18. The van der Waals surface area contributed by atoms with Gasteiger partial charge in [0.2, 0.25) is 0 Å². The topological polar surface area (TPSA) is 86.9 Å². The van der Waals surface area contributed by atoms with Crippen molar-refractivity contribution in [3.05, 3.63) is 28.2 Å². The van der Waals surface area contributed by atoms with Gasteiger partial charge < -0.3 is 10.6 Å². The summed E-state index contributed by atoms with van der Waals surface area (Å²) in [5.41, 5.74) is -0.0682. The van der Waals surface area contributed by atoms with Crippen molar-refractivity contribution in [1.82, 2.24) is 20.8 Å². The molecule has 3 N–H and O–H groups in total. The van der Waals surface area contributed by atoms with Crippen LogP contribution in [-0.2, 0) is 0 Å². The highest BCUT2D eigenvalue weighted by Gasteiger charge is 2.22. The van der Waals surface area contributed by atoms with E-state index < -0.39 is 0 Å². The standard InChI is InChI=1S/C12H18N4O2/c1-8(9-3-2-6-13-7-9)14-12(18)10-4-5-11(17)16-15-10/h4-5,8-9,13H,2-3,6-7H2,1H3,(H,14,18)(H,16,17). The van der Waals surface area contributed by atoms with Crippen LogP contribution in [0.4, 0.5) is 0 Å². The molecule has 2 atom stereocenters. The Morgan fingerprint density at radius 2 is 2.39 bits per heavy atom. The van der Waals surface area contributed by atoms with Crippen LogP contribution in [0.25, 0.3) is 0 Å². The monoisotopic (exact) mass is 250 g/mol. The molecule has 18 heavy (non-hydrogen) atoms. The van der Waals surface area contributed by atoms with Crippen molar-refractivity contribution in [3.8, 4) is 0 Å². The van der Waals surface area contributed by atoms with Crippen molar-refractivity contribution in [1.29, 1.82) is 0 Å². The Morgan fingerprint density at radius 1 is 1.56 bits per heavy atom. The van der Waals surface area contributed by atoms with Crippen LogP contribution >= 0.6 is 0 Å². The zero-order valence-corrected chi connectivity index (χ0v) is 10.4. The van der Waals surface area contributed by atoms with E-state index in [0.717, 1.165) is 25.9 Å². The zero-order valence-electron chi connectivity index (χ0n) is 10.4. The van der Waals surface area contributed by atoms with Gasteiger partial charge in [0.1, 0.15) is 5.69 Å². The Morgan fingerprint density at radius 3 is 3.00 bits per heavy atom. The highest BCUT2D eigenvalue weighted by molar-refractivity contribution is 5.92. The van der Waals surface area contributed by atoms with E-state index in [-0.39, 0.29) is 23.2 Å². The van der Waals surface area contributed by atoms with Crippen molar-refractivity contribution in [2.45, 2.75) is 25.8 Å². The lowest BCUT2D eigenvalue weighted by Crippen LogP contribution is -2.44. The fourth-order valence-corrected chi connectivity index (χ4v) is 2.18. The molecule has 1 amide bonds. The number of carbonyl (C=O) groups is 1. The number of hydrogen-bond donors (Lipinski definition) is 3. The minimum Gasteiger partial charge on any atom is -0.348 e. The first-order valence-corrected chi connectivity index (χ1v) is 6.24. The predicted octanol–water partition coefficient (Wildman–Crippen LogP) is -0.112. The summed E-state index contributed by atoms with van der Waals surface area (Å²) < 4.78 is 0. The van der Waals surface area contributed by atoms with Gasteiger partial charge in [-0.3, -0.25) is 9.59 Å². The zero-order chi connectivity index (χ0) is 13.0. The second kappa shape index (κ2) is 5.77. The van der Waals surface area contributed by atoms with Gasteiger partial charge in [0.15, 0.2) is 0 Å². The van der Waals surface area contributed by atoms with Crippen LogP contribution in [0.1, 0.15) is 30.3 Å². The van der Waals surface area contributed by atoms with E-state index in [0.29, 0.717) is 5.92 Å². The molecular formula is C12H18N4O2. The fraction of sp³-hybridized carbons (Fsp3) is 0.583. The highest BCUT2D eigenvalue weighted by Crippen LogP contribution is 2.14. The van der Waals surface area contributed by atoms with Crippen molar-refractivity contribution in [2.75, 3.05) is 13.1 Å². The summed E-state index contributed by atoms with van der Waals surface area (Å²) in [6.45, 7) is 3.99. The molecule has 1 aromatic heterocycles. The summed E-state index contributed by atoms with van der Waals surface area (Å²) in [4.78, 5) is 22.7. The summed E-state index contributed by atoms with van der Waals surface area (Å²) >= 11 is 0. The number of carbonyl (C=O) groups excluding carboxylic acids is 1. The van der Waals surface area contributed by atoms with Gasteiger partial charge in [-0.25, -0.2) is 5.10 Å². The number of aromatic nitrogens is 2. The summed E-state index contributed by atoms with van der Waals surface area (Å²) in [6.07, 6.45) is 2.26. The number of aromatic amines is 1. The molecule has 6 nitrogen and oxygen atoms in total. The molecule has 2 heterocycles. The average molecular weight is 250 g/mol. The summed E-state index contributed by atoms with van der Waals surface area (Å²) in [5.74, 6) is 0.204. The molecule has 1 saturated heterocycles. The molecule has 2 unspecified atom stereocenters. The molecule has 0 aromatic carbocycles. The minimum atomic E-state index is -0.309. The molecule has 0 saturated carbocycles. The maximum absolute atomic E-state index is 11.9. The third-order valence-corrected chi connectivity index (χ3v) is 3.31. The molecular weight excluding hydrogens is 232 g/mol. The quantitative estimate of drug-likeness (QED) is 0.698. The van der Waals surface area contributed by atoms with E-state index in [1.165, 1.54) is 12.1 Å². The second-order valence-corrected chi connectivity index (χ2v) is 4.68. The maximum atomic E-state index is 11.9. The maximum Gasteiger partial charge on any atom is 0.271 e. The number of rotatable bonds is 3. The lowest BCUT2D eigenvalue weighted by Gasteiger charge is -2.28. The Hall–Kier alpha value is -1.69. The summed E-state index contributed by atoms with van der Waals surface area (Å²) in [6, 6.07) is 2.83. The lowest BCUT2D eigenvalue weighted by molar-refractivity contribution is 0.0915. The van der Waals surface area contributed by atoms with Crippen molar-refractivity contribution >= 4 is 5.91 Å². The molecule has 1 fully saturated rings. The van der Waals surface area contributed by atoms with Gasteiger partial charge in [0, 0.05) is 12.1 Å². The number of hydrogen-bond acceptors (Lipinski definition) is 4. The van der Waals surface area contributed by atoms with Crippen LogP contribution in [0.15, 0.2) is 16.9 Å². The van der Waals surface area contributed by atoms with E-state index in [4.69, 9.17) is 0 Å². The van der Waals surface area contributed by atoms with E-state index in [9.17, 15) is 9.59 Å². The Balaban J connectivity index is 1.93. The molecule has 0 bridgehead atoms. The van der Waals surface area contributed by atoms with E-state index in [1.807, 2.05) is 6.92 Å². The number of amides is 1. The largest absolute Gasteiger partial charge is 0.348 e. The van der Waals surface area contributed by atoms with Crippen molar-refractivity contribution in [3.63, 3.8) is 0 Å². The van der Waals surface area contributed by atoms with Gasteiger partial charge in [0.25, 0.3) is 11.5 Å². The number of nitrogens with zero attached hydrogens (tertiary/aromatic N) is 1. The van der Waals surface area contributed by atoms with Crippen LogP contribution in [-0.4, -0.2) is 35.2 Å². The smallest absolute Gasteiger partial charge is 0.271 e. The molecule has 2 rings (SSSR count). The summed E-state index contributed by atoms with van der Waals surface area (Å²) in [7, 11) is 0. The normalized spacial score (nSPS) is 21.3. The molecule has 98 valence electrons. The number of H-pyrrole nitrogens is 1. The van der Waals surface area contributed by atoms with Gasteiger partial charge >= 0.3 is 0 Å². The average Bonchev–Trinajstić information content (AvgIpc) is 2.40. The van der Waals surface area contributed by atoms with Crippen molar-refractivity contribution < 1.29 is 4.79 Å². The van der Waals surface area contributed by atoms with Crippen LogP contribution in [0.5, 0.6) is 0 Å². The first-order chi connectivity index (χ1) is 8.66.